The molecule has 0 atom stereocenters. The molecule has 0 saturated heterocycles. The summed E-state index contributed by atoms with van der Waals surface area (Å²) in [6.45, 7) is 0. The van der Waals surface area contributed by atoms with Gasteiger partial charge in [-0.25, -0.2) is 13.2 Å². The van der Waals surface area contributed by atoms with Gasteiger partial charge in [0.05, 0.1) is 0 Å². The molecule has 0 aliphatic carbocycles. The molecular weight excluding hydrogens is 454 g/mol. The molecule has 0 spiro atoms. The molecule has 0 saturated carbocycles. The Bertz CT molecular complexity index is 1020. The molecular formula is C19H12F6O3S2. The average molecular weight is 466 g/mol. The van der Waals surface area contributed by atoms with E-state index in [9.17, 15) is 34.8 Å². The maximum absolute atomic E-state index is 13.5. The van der Waals surface area contributed by atoms with Gasteiger partial charge in [-0.3, -0.25) is 0 Å². The molecule has 3 rings (SSSR count). The van der Waals surface area contributed by atoms with Crippen molar-refractivity contribution in [3.63, 3.8) is 0 Å². The van der Waals surface area contributed by atoms with E-state index in [0.29, 0.717) is 0 Å². The van der Waals surface area contributed by atoms with Crippen LogP contribution in [0.1, 0.15) is 0 Å². The SMILES string of the molecule is O=S(=O)(OS(c1ccc(F)cc1)(c1ccc(F)cc1)c1ccc(F)cc1)C(F)(F)F. The summed E-state index contributed by atoms with van der Waals surface area (Å²) < 4.78 is 109. The van der Waals surface area contributed by atoms with Gasteiger partial charge in [0.15, 0.2) is 0 Å². The van der Waals surface area contributed by atoms with Crippen LogP contribution in [0.4, 0.5) is 26.3 Å². The Kier molecular flexibility index (Phi) is 5.89. The zero-order valence-electron chi connectivity index (χ0n) is 14.7. The Hall–Kier alpha value is -2.50. The van der Waals surface area contributed by atoms with Crippen LogP contribution in [0.2, 0.25) is 0 Å². The van der Waals surface area contributed by atoms with E-state index in [1.54, 1.807) is 0 Å². The number of rotatable bonds is 5. The van der Waals surface area contributed by atoms with E-state index < -0.39 is 43.4 Å². The van der Waals surface area contributed by atoms with Crippen LogP contribution in [0.15, 0.2) is 87.5 Å². The van der Waals surface area contributed by atoms with Crippen molar-refractivity contribution in [1.82, 2.24) is 0 Å². The van der Waals surface area contributed by atoms with Crippen molar-refractivity contribution in [2.24, 2.45) is 0 Å². The predicted octanol–water partition coefficient (Wildman–Crippen LogP) is 6.17. The molecule has 0 radical (unpaired) electrons. The molecule has 0 heterocycles. The largest absolute Gasteiger partial charge is 0.524 e. The molecule has 3 nitrogen and oxygen atoms in total. The van der Waals surface area contributed by atoms with Crippen molar-refractivity contribution in [2.45, 2.75) is 20.2 Å². The van der Waals surface area contributed by atoms with E-state index >= 15 is 0 Å². The first-order chi connectivity index (χ1) is 14.0. The minimum atomic E-state index is -6.17. The Morgan fingerprint density at radius 2 is 0.833 bits per heavy atom. The maximum atomic E-state index is 13.5. The quantitative estimate of drug-likeness (QED) is 0.334. The second kappa shape index (κ2) is 7.97. The third kappa shape index (κ3) is 4.18. The lowest BCUT2D eigenvalue weighted by Crippen LogP contribution is -2.27. The molecule has 11 heteroatoms. The molecule has 0 aromatic heterocycles. The van der Waals surface area contributed by atoms with Crippen LogP contribution in [-0.4, -0.2) is 13.9 Å². The lowest BCUT2D eigenvalue weighted by molar-refractivity contribution is -0.0496. The van der Waals surface area contributed by atoms with E-state index in [1.807, 2.05) is 0 Å². The Balaban J connectivity index is 2.40. The van der Waals surface area contributed by atoms with Crippen LogP contribution in [0.25, 0.3) is 0 Å². The molecule has 3 aromatic carbocycles. The van der Waals surface area contributed by atoms with Gasteiger partial charge in [0.1, 0.15) is 17.5 Å². The fourth-order valence-electron chi connectivity index (χ4n) is 2.58. The van der Waals surface area contributed by atoms with Gasteiger partial charge in [0.2, 0.25) is 0 Å². The van der Waals surface area contributed by atoms with Gasteiger partial charge in [-0.05, 0) is 83.1 Å². The molecule has 30 heavy (non-hydrogen) atoms. The highest BCUT2D eigenvalue weighted by Crippen LogP contribution is 2.70. The van der Waals surface area contributed by atoms with Crippen LogP contribution >= 0.6 is 10.3 Å². The highest BCUT2D eigenvalue weighted by molar-refractivity contribution is 8.33. The van der Waals surface area contributed by atoms with E-state index in [4.69, 9.17) is 3.63 Å². The van der Waals surface area contributed by atoms with Gasteiger partial charge in [0, 0.05) is 14.7 Å². The third-order valence-corrected chi connectivity index (χ3v) is 8.82. The first kappa shape index (κ1) is 22.2. The number of halogens is 6. The van der Waals surface area contributed by atoms with Gasteiger partial charge < -0.3 is 0 Å². The predicted molar refractivity (Wildman–Crippen MR) is 97.6 cm³/mol. The average Bonchev–Trinajstić information content (AvgIpc) is 2.67. The highest BCUT2D eigenvalue weighted by atomic mass is 32.3. The Morgan fingerprint density at radius 3 is 1.07 bits per heavy atom. The maximum Gasteiger partial charge on any atom is 0.524 e. The van der Waals surface area contributed by atoms with Crippen LogP contribution in [0.3, 0.4) is 0 Å². The van der Waals surface area contributed by atoms with E-state index in [-0.39, 0.29) is 14.7 Å². The van der Waals surface area contributed by atoms with Crippen molar-refractivity contribution in [3.8, 4) is 0 Å². The monoisotopic (exact) mass is 466 g/mol. The van der Waals surface area contributed by atoms with Gasteiger partial charge in [-0.1, -0.05) is 0 Å². The number of alkyl halides is 3. The van der Waals surface area contributed by atoms with Gasteiger partial charge >= 0.3 is 15.6 Å². The minimum Gasteiger partial charge on any atom is -0.207 e. The van der Waals surface area contributed by atoms with Crippen LogP contribution in [-0.2, 0) is 13.7 Å². The molecule has 160 valence electrons. The highest BCUT2D eigenvalue weighted by Gasteiger charge is 2.52. The first-order valence-corrected chi connectivity index (χ1v) is 11.0. The lowest BCUT2D eigenvalue weighted by atomic mass is 10.3. The molecule has 0 fully saturated rings. The fourth-order valence-corrected chi connectivity index (χ4v) is 7.28. The van der Waals surface area contributed by atoms with Gasteiger partial charge in [-0.15, -0.1) is 0 Å². The summed E-state index contributed by atoms with van der Waals surface area (Å²) in [5.41, 5.74) is -5.77. The summed E-state index contributed by atoms with van der Waals surface area (Å²) in [5.74, 6) is -2.20. The number of hydrogen-bond donors (Lipinski definition) is 0. The second-order valence-electron chi connectivity index (χ2n) is 5.89. The van der Waals surface area contributed by atoms with Crippen LogP contribution < -0.4 is 0 Å². The van der Waals surface area contributed by atoms with Crippen molar-refractivity contribution >= 4 is 20.4 Å². The van der Waals surface area contributed by atoms with Crippen molar-refractivity contribution in [1.29, 1.82) is 0 Å². The normalized spacial score (nSPS) is 13.3. The molecule has 0 unspecified atom stereocenters. The third-order valence-electron chi connectivity index (χ3n) is 3.91. The van der Waals surface area contributed by atoms with Crippen molar-refractivity contribution in [2.75, 3.05) is 0 Å². The smallest absolute Gasteiger partial charge is 0.207 e. The summed E-state index contributed by atoms with van der Waals surface area (Å²) in [5, 5.41) is 0. The molecule has 0 aliphatic rings. The molecule has 3 aromatic rings. The molecule has 0 bridgehead atoms. The van der Waals surface area contributed by atoms with E-state index in [1.165, 1.54) is 0 Å². The van der Waals surface area contributed by atoms with Crippen molar-refractivity contribution in [3.05, 3.63) is 90.2 Å². The number of hydrogen-bond acceptors (Lipinski definition) is 3. The fraction of sp³-hybridized carbons (Fsp3) is 0.0526. The van der Waals surface area contributed by atoms with Gasteiger partial charge in [0.25, 0.3) is 0 Å². The lowest BCUT2D eigenvalue weighted by Gasteiger charge is -2.39. The zero-order valence-corrected chi connectivity index (χ0v) is 16.4. The second-order valence-corrected chi connectivity index (χ2v) is 10.3. The van der Waals surface area contributed by atoms with E-state index in [2.05, 4.69) is 0 Å². The first-order valence-electron chi connectivity index (χ1n) is 8.08. The summed E-state index contributed by atoms with van der Waals surface area (Å²) in [6, 6.07) is 11.8. The molecule has 0 amide bonds. The van der Waals surface area contributed by atoms with Gasteiger partial charge in [-0.2, -0.15) is 25.2 Å². The summed E-state index contributed by atoms with van der Waals surface area (Å²) >= 11 is 0. The molecule has 0 N–H and O–H groups in total. The topological polar surface area (TPSA) is 43.4 Å². The summed E-state index contributed by atoms with van der Waals surface area (Å²) in [6.07, 6.45) is 0. The minimum absolute atomic E-state index is 0.130. The number of benzene rings is 3. The van der Waals surface area contributed by atoms with Crippen molar-refractivity contribution < 1.29 is 38.4 Å². The van der Waals surface area contributed by atoms with E-state index in [0.717, 1.165) is 72.8 Å². The summed E-state index contributed by atoms with van der Waals surface area (Å²) in [4.78, 5) is -0.389. The zero-order chi connectivity index (χ0) is 22.2. The van der Waals surface area contributed by atoms with Crippen LogP contribution in [0, 0.1) is 17.5 Å². The standard InChI is InChI=1S/C19H12F6O3S2/c20-13-1-7-16(8-2-13)29(17-9-3-14(21)4-10-17,18-11-5-15(22)6-12-18)28-30(26,27)19(23,24)25/h1-12H. The summed E-state index contributed by atoms with van der Waals surface area (Å²) in [7, 11) is -9.91. The Labute approximate surface area is 169 Å². The molecule has 0 aliphatic heterocycles. The Morgan fingerprint density at radius 1 is 0.567 bits per heavy atom. The van der Waals surface area contributed by atoms with Crippen LogP contribution in [0.5, 0.6) is 0 Å².